The molecule has 0 saturated carbocycles. The molecule has 1 amide bonds. The average molecular weight is 240 g/mol. The highest BCUT2D eigenvalue weighted by atomic mass is 32.1. The van der Waals surface area contributed by atoms with Crippen molar-refractivity contribution in [2.24, 2.45) is 5.92 Å². The van der Waals surface area contributed by atoms with Crippen molar-refractivity contribution in [1.82, 2.24) is 10.3 Å². The zero-order valence-electron chi connectivity index (χ0n) is 10.2. The summed E-state index contributed by atoms with van der Waals surface area (Å²) < 4.78 is 0. The van der Waals surface area contributed by atoms with Crippen molar-refractivity contribution < 1.29 is 4.79 Å². The lowest BCUT2D eigenvalue weighted by atomic mass is 10.1. The maximum atomic E-state index is 11.5. The van der Waals surface area contributed by atoms with Crippen LogP contribution in [-0.2, 0) is 11.2 Å². The lowest BCUT2D eigenvalue weighted by molar-refractivity contribution is -0.120. The van der Waals surface area contributed by atoms with Crippen LogP contribution in [0.25, 0.3) is 0 Å². The molecule has 1 aromatic heterocycles. The van der Waals surface area contributed by atoms with Crippen LogP contribution in [0.5, 0.6) is 0 Å². The molecule has 4 heteroatoms. The average Bonchev–Trinajstić information content (AvgIpc) is 2.58. The van der Waals surface area contributed by atoms with Gasteiger partial charge in [-0.25, -0.2) is 4.98 Å². The van der Waals surface area contributed by atoms with Crippen LogP contribution in [0.1, 0.15) is 37.4 Å². The molecule has 0 radical (unpaired) electrons. The molecule has 0 atom stereocenters. The van der Waals surface area contributed by atoms with Crippen LogP contribution in [0, 0.1) is 12.8 Å². The standard InChI is InChI=1S/C12H20N2OS/c1-9(2)5-4-6-13-12(15)7-11-8-16-10(3)14-11/h8-9H,4-7H2,1-3H3,(H,13,15). The molecule has 0 aromatic carbocycles. The lowest BCUT2D eigenvalue weighted by Gasteiger charge is -2.05. The molecule has 0 unspecified atom stereocenters. The van der Waals surface area contributed by atoms with E-state index in [1.54, 1.807) is 11.3 Å². The summed E-state index contributed by atoms with van der Waals surface area (Å²) >= 11 is 1.59. The first-order valence-electron chi connectivity index (χ1n) is 5.75. The highest BCUT2D eigenvalue weighted by Gasteiger charge is 2.05. The number of hydrogen-bond donors (Lipinski definition) is 1. The Morgan fingerprint density at radius 1 is 1.56 bits per heavy atom. The molecule has 1 heterocycles. The number of aryl methyl sites for hydroxylation is 1. The van der Waals surface area contributed by atoms with Crippen molar-refractivity contribution in [2.75, 3.05) is 6.54 Å². The summed E-state index contributed by atoms with van der Waals surface area (Å²) in [5, 5.41) is 5.89. The molecular formula is C12H20N2OS. The van der Waals surface area contributed by atoms with Crippen LogP contribution < -0.4 is 5.32 Å². The van der Waals surface area contributed by atoms with E-state index in [1.807, 2.05) is 12.3 Å². The largest absolute Gasteiger partial charge is 0.356 e. The smallest absolute Gasteiger partial charge is 0.226 e. The van der Waals surface area contributed by atoms with Crippen LogP contribution in [0.15, 0.2) is 5.38 Å². The van der Waals surface area contributed by atoms with E-state index in [1.165, 1.54) is 0 Å². The quantitative estimate of drug-likeness (QED) is 0.776. The van der Waals surface area contributed by atoms with Gasteiger partial charge in [-0.1, -0.05) is 13.8 Å². The van der Waals surface area contributed by atoms with Gasteiger partial charge in [0.2, 0.25) is 5.91 Å². The Kier molecular flexibility index (Phi) is 5.46. The van der Waals surface area contributed by atoms with Crippen LogP contribution in [0.2, 0.25) is 0 Å². The summed E-state index contributed by atoms with van der Waals surface area (Å²) in [5.41, 5.74) is 0.879. The van der Waals surface area contributed by atoms with Crippen molar-refractivity contribution in [3.63, 3.8) is 0 Å². The minimum Gasteiger partial charge on any atom is -0.356 e. The second kappa shape index (κ2) is 6.63. The predicted octanol–water partition coefficient (Wildman–Crippen LogP) is 2.55. The van der Waals surface area contributed by atoms with E-state index in [9.17, 15) is 4.79 Å². The van der Waals surface area contributed by atoms with E-state index in [2.05, 4.69) is 24.1 Å². The molecule has 0 spiro atoms. The topological polar surface area (TPSA) is 42.0 Å². The number of carbonyl (C=O) groups excluding carboxylic acids is 1. The number of carbonyl (C=O) groups is 1. The summed E-state index contributed by atoms with van der Waals surface area (Å²) in [7, 11) is 0. The van der Waals surface area contributed by atoms with Gasteiger partial charge in [0.15, 0.2) is 0 Å². The van der Waals surface area contributed by atoms with E-state index in [0.29, 0.717) is 12.3 Å². The van der Waals surface area contributed by atoms with Gasteiger partial charge in [0.05, 0.1) is 17.1 Å². The van der Waals surface area contributed by atoms with Crippen molar-refractivity contribution >= 4 is 17.2 Å². The Balaban J connectivity index is 2.16. The number of rotatable bonds is 6. The zero-order valence-corrected chi connectivity index (χ0v) is 11.1. The molecule has 0 saturated heterocycles. The monoisotopic (exact) mass is 240 g/mol. The molecule has 0 bridgehead atoms. The maximum absolute atomic E-state index is 11.5. The number of hydrogen-bond acceptors (Lipinski definition) is 3. The van der Waals surface area contributed by atoms with Gasteiger partial charge in [0.25, 0.3) is 0 Å². The van der Waals surface area contributed by atoms with Gasteiger partial charge in [-0.15, -0.1) is 11.3 Å². The number of aromatic nitrogens is 1. The van der Waals surface area contributed by atoms with Crippen molar-refractivity contribution in [3.05, 3.63) is 16.1 Å². The third kappa shape index (κ3) is 5.26. The second-order valence-electron chi connectivity index (χ2n) is 4.42. The lowest BCUT2D eigenvalue weighted by Crippen LogP contribution is -2.26. The predicted molar refractivity (Wildman–Crippen MR) is 67.6 cm³/mol. The van der Waals surface area contributed by atoms with Gasteiger partial charge in [-0.05, 0) is 25.7 Å². The molecular weight excluding hydrogens is 220 g/mol. The first kappa shape index (κ1) is 13.2. The molecule has 3 nitrogen and oxygen atoms in total. The Labute approximate surface area is 101 Å². The van der Waals surface area contributed by atoms with E-state index in [-0.39, 0.29) is 5.91 Å². The van der Waals surface area contributed by atoms with Crippen molar-refractivity contribution in [1.29, 1.82) is 0 Å². The Morgan fingerprint density at radius 2 is 2.31 bits per heavy atom. The molecule has 0 aliphatic heterocycles. The highest BCUT2D eigenvalue weighted by Crippen LogP contribution is 2.08. The van der Waals surface area contributed by atoms with Crippen LogP contribution in [-0.4, -0.2) is 17.4 Å². The SMILES string of the molecule is Cc1nc(CC(=O)NCCCC(C)C)cs1. The molecule has 0 aliphatic rings. The molecule has 0 fully saturated rings. The fourth-order valence-corrected chi connectivity index (χ4v) is 2.07. The van der Waals surface area contributed by atoms with E-state index < -0.39 is 0 Å². The summed E-state index contributed by atoms with van der Waals surface area (Å²) in [6.45, 7) is 7.12. The van der Waals surface area contributed by atoms with Gasteiger partial charge in [0.1, 0.15) is 0 Å². The summed E-state index contributed by atoms with van der Waals surface area (Å²) in [6, 6.07) is 0. The minimum absolute atomic E-state index is 0.0778. The van der Waals surface area contributed by atoms with Gasteiger partial charge in [0, 0.05) is 11.9 Å². The van der Waals surface area contributed by atoms with E-state index in [4.69, 9.17) is 0 Å². The summed E-state index contributed by atoms with van der Waals surface area (Å²) in [4.78, 5) is 15.8. The van der Waals surface area contributed by atoms with Gasteiger partial charge in [-0.3, -0.25) is 4.79 Å². The Bertz CT molecular complexity index is 334. The Hall–Kier alpha value is -0.900. The first-order valence-corrected chi connectivity index (χ1v) is 6.63. The molecule has 90 valence electrons. The number of thiazole rings is 1. The fraction of sp³-hybridized carbons (Fsp3) is 0.667. The summed E-state index contributed by atoms with van der Waals surface area (Å²) in [6.07, 6.45) is 2.63. The van der Waals surface area contributed by atoms with E-state index >= 15 is 0 Å². The van der Waals surface area contributed by atoms with Gasteiger partial charge < -0.3 is 5.32 Å². The van der Waals surface area contributed by atoms with Crippen LogP contribution in [0.3, 0.4) is 0 Å². The molecule has 16 heavy (non-hydrogen) atoms. The Morgan fingerprint density at radius 3 is 2.88 bits per heavy atom. The summed E-state index contributed by atoms with van der Waals surface area (Å²) in [5.74, 6) is 0.784. The first-order chi connectivity index (χ1) is 7.58. The number of nitrogens with zero attached hydrogens (tertiary/aromatic N) is 1. The third-order valence-electron chi connectivity index (χ3n) is 2.29. The van der Waals surface area contributed by atoms with Crippen molar-refractivity contribution in [3.8, 4) is 0 Å². The number of nitrogens with one attached hydrogen (secondary N) is 1. The molecule has 1 rings (SSSR count). The van der Waals surface area contributed by atoms with Gasteiger partial charge >= 0.3 is 0 Å². The van der Waals surface area contributed by atoms with Crippen molar-refractivity contribution in [2.45, 2.75) is 40.0 Å². The third-order valence-corrected chi connectivity index (χ3v) is 3.11. The molecule has 1 N–H and O–H groups in total. The normalized spacial score (nSPS) is 10.8. The highest BCUT2D eigenvalue weighted by molar-refractivity contribution is 7.09. The van der Waals surface area contributed by atoms with Gasteiger partial charge in [-0.2, -0.15) is 0 Å². The number of amides is 1. The molecule has 1 aromatic rings. The van der Waals surface area contributed by atoms with Crippen LogP contribution in [0.4, 0.5) is 0 Å². The zero-order chi connectivity index (χ0) is 12.0. The second-order valence-corrected chi connectivity index (χ2v) is 5.48. The fourth-order valence-electron chi connectivity index (χ4n) is 1.45. The molecule has 0 aliphatic carbocycles. The minimum atomic E-state index is 0.0778. The van der Waals surface area contributed by atoms with E-state index in [0.717, 1.165) is 30.1 Å². The van der Waals surface area contributed by atoms with Crippen LogP contribution >= 0.6 is 11.3 Å². The maximum Gasteiger partial charge on any atom is 0.226 e.